The van der Waals surface area contributed by atoms with Crippen molar-refractivity contribution in [3.63, 3.8) is 0 Å². The van der Waals surface area contributed by atoms with E-state index in [0.717, 1.165) is 34.9 Å². The second-order valence-electron chi connectivity index (χ2n) is 14.5. The van der Waals surface area contributed by atoms with Crippen LogP contribution >= 0.6 is 0 Å². The predicted octanol–water partition coefficient (Wildman–Crippen LogP) is 6.73. The minimum absolute atomic E-state index is 0.0161. The highest BCUT2D eigenvalue weighted by molar-refractivity contribution is 5.98. The number of halogens is 2. The van der Waals surface area contributed by atoms with Crippen molar-refractivity contribution in [1.82, 2.24) is 20.9 Å². The van der Waals surface area contributed by atoms with Crippen molar-refractivity contribution in [2.75, 3.05) is 11.9 Å². The monoisotopic (exact) mass is 793 g/mol. The van der Waals surface area contributed by atoms with Crippen LogP contribution in [-0.4, -0.2) is 64.4 Å². The summed E-state index contributed by atoms with van der Waals surface area (Å²) >= 11 is 0. The number of carbonyl (C=O) groups is 4. The third kappa shape index (κ3) is 13.2. The van der Waals surface area contributed by atoms with Crippen LogP contribution in [0.25, 0.3) is 11.1 Å². The van der Waals surface area contributed by atoms with Gasteiger partial charge in [-0.25, -0.2) is 18.4 Å². The molecule has 0 fully saturated rings. The molecule has 12 nitrogen and oxygen atoms in total. The zero-order valence-corrected chi connectivity index (χ0v) is 32.2. The zero-order chi connectivity index (χ0) is 41.7. The van der Waals surface area contributed by atoms with Crippen molar-refractivity contribution < 1.29 is 42.5 Å². The molecule has 14 heteroatoms. The molecule has 1 heterocycles. The number of nitrogens with one attached hydrogen (secondary N) is 4. The van der Waals surface area contributed by atoms with Gasteiger partial charge in [0.1, 0.15) is 23.8 Å². The Morgan fingerprint density at radius 1 is 0.776 bits per heavy atom. The van der Waals surface area contributed by atoms with E-state index in [2.05, 4.69) is 26.3 Å². The first-order chi connectivity index (χ1) is 27.7. The van der Waals surface area contributed by atoms with E-state index in [0.29, 0.717) is 5.56 Å². The van der Waals surface area contributed by atoms with Crippen molar-refractivity contribution in [2.24, 2.45) is 0 Å². The Kier molecular flexibility index (Phi) is 14.6. The molecule has 3 atom stereocenters. The molecule has 0 saturated carbocycles. The van der Waals surface area contributed by atoms with Gasteiger partial charge in [-0.3, -0.25) is 14.6 Å². The average Bonchev–Trinajstić information content (AvgIpc) is 3.20. The summed E-state index contributed by atoms with van der Waals surface area (Å²) in [5, 5.41) is 21.8. The Morgan fingerprint density at radius 2 is 1.53 bits per heavy atom. The van der Waals surface area contributed by atoms with E-state index in [1.807, 2.05) is 42.5 Å². The van der Waals surface area contributed by atoms with Crippen molar-refractivity contribution in [3.8, 4) is 11.1 Å². The quantitative estimate of drug-likeness (QED) is 0.0778. The summed E-state index contributed by atoms with van der Waals surface area (Å²) in [6.07, 6.45) is -0.120. The van der Waals surface area contributed by atoms with E-state index in [4.69, 9.17) is 9.47 Å². The van der Waals surface area contributed by atoms with Crippen LogP contribution in [-0.2, 0) is 33.7 Å². The number of alkyl carbamates (subject to hydrolysis) is 2. The third-order valence-corrected chi connectivity index (χ3v) is 8.67. The summed E-state index contributed by atoms with van der Waals surface area (Å²) in [6, 6.07) is 26.9. The second-order valence-corrected chi connectivity index (χ2v) is 14.5. The molecule has 4 amide bonds. The molecule has 5 rings (SSSR count). The van der Waals surface area contributed by atoms with Crippen molar-refractivity contribution in [3.05, 3.63) is 155 Å². The van der Waals surface area contributed by atoms with E-state index in [9.17, 15) is 33.1 Å². The van der Waals surface area contributed by atoms with Gasteiger partial charge in [-0.05, 0) is 104 Å². The van der Waals surface area contributed by atoms with E-state index >= 15 is 0 Å². The van der Waals surface area contributed by atoms with Crippen molar-refractivity contribution in [1.29, 1.82) is 0 Å². The summed E-state index contributed by atoms with van der Waals surface area (Å²) in [7, 11) is 0. The molecule has 0 aliphatic carbocycles. The molecule has 0 aliphatic rings. The van der Waals surface area contributed by atoms with Crippen LogP contribution in [0.15, 0.2) is 122 Å². The highest BCUT2D eigenvalue weighted by Crippen LogP contribution is 2.20. The molecule has 58 heavy (non-hydrogen) atoms. The first-order valence-electron chi connectivity index (χ1n) is 18.5. The van der Waals surface area contributed by atoms with Gasteiger partial charge in [-0.1, -0.05) is 66.7 Å². The van der Waals surface area contributed by atoms with E-state index in [1.165, 1.54) is 24.3 Å². The Hall–Kier alpha value is -6.67. The highest BCUT2D eigenvalue weighted by atomic mass is 19.1. The minimum atomic E-state index is -1.76. The van der Waals surface area contributed by atoms with Crippen LogP contribution in [0.2, 0.25) is 0 Å². The average molecular weight is 794 g/mol. The van der Waals surface area contributed by atoms with Gasteiger partial charge in [0, 0.05) is 30.2 Å². The standard InChI is InChI=1S/C44H45F2N5O7/c1-44(2,3)58-43(56)50-36(24-33-22-34(45)18-19-37(33)46)26-48-40(53)31-11-7-13-35(23-31)49-41(54)39(52)38(51-42(55)57-27-29-9-5-4-6-10-29)21-28-14-16-30(17-15-28)32-12-8-20-47-25-32/h4-20,22-23,25,36,38-39,52H,21,24,26-27H2,1-3H3,(H,48,53)(H,49,54)(H,50,56)(H,51,55)/t36?,38-,39+/m1/s1. The maximum atomic E-state index is 14.5. The fourth-order valence-corrected chi connectivity index (χ4v) is 5.85. The lowest BCUT2D eigenvalue weighted by molar-refractivity contribution is -0.125. The lowest BCUT2D eigenvalue weighted by Gasteiger charge is -2.24. The normalized spacial score (nSPS) is 12.7. The summed E-state index contributed by atoms with van der Waals surface area (Å²) in [4.78, 5) is 56.5. The Bertz CT molecular complexity index is 2170. The molecule has 302 valence electrons. The molecular weight excluding hydrogens is 749 g/mol. The van der Waals surface area contributed by atoms with Gasteiger partial charge in [0.15, 0.2) is 6.10 Å². The minimum Gasteiger partial charge on any atom is -0.445 e. The third-order valence-electron chi connectivity index (χ3n) is 8.67. The first kappa shape index (κ1) is 42.5. The number of anilines is 1. The number of pyridine rings is 1. The molecule has 5 aromatic rings. The lowest BCUT2D eigenvalue weighted by Crippen LogP contribution is -2.50. The molecule has 5 N–H and O–H groups in total. The summed E-state index contributed by atoms with van der Waals surface area (Å²) in [5.41, 5.74) is 2.68. The fourth-order valence-electron chi connectivity index (χ4n) is 5.85. The zero-order valence-electron chi connectivity index (χ0n) is 32.2. The maximum absolute atomic E-state index is 14.5. The smallest absolute Gasteiger partial charge is 0.407 e. The van der Waals surface area contributed by atoms with Gasteiger partial charge in [0.2, 0.25) is 0 Å². The largest absolute Gasteiger partial charge is 0.445 e. The molecule has 0 saturated heterocycles. The van der Waals surface area contributed by atoms with Crippen molar-refractivity contribution >= 4 is 29.7 Å². The van der Waals surface area contributed by atoms with Crippen LogP contribution in [0.5, 0.6) is 0 Å². The van der Waals surface area contributed by atoms with E-state index in [1.54, 1.807) is 57.4 Å². The number of aliphatic hydroxyl groups is 1. The predicted molar refractivity (Wildman–Crippen MR) is 214 cm³/mol. The Morgan fingerprint density at radius 3 is 2.24 bits per heavy atom. The number of amides is 4. The number of hydrogen-bond donors (Lipinski definition) is 5. The number of nitrogens with zero attached hydrogens (tertiary/aromatic N) is 1. The molecule has 0 bridgehead atoms. The van der Waals surface area contributed by atoms with Gasteiger partial charge in [-0.15, -0.1) is 0 Å². The molecule has 0 radical (unpaired) electrons. The molecule has 1 aromatic heterocycles. The number of hydrogen-bond acceptors (Lipinski definition) is 8. The molecule has 0 spiro atoms. The van der Waals surface area contributed by atoms with Gasteiger partial charge in [0.25, 0.3) is 11.8 Å². The molecule has 1 unspecified atom stereocenters. The fraction of sp³-hybridized carbons (Fsp3) is 0.250. The van der Waals surface area contributed by atoms with Gasteiger partial charge < -0.3 is 35.8 Å². The second kappa shape index (κ2) is 20.0. The van der Waals surface area contributed by atoms with E-state index in [-0.39, 0.29) is 42.8 Å². The number of ether oxygens (including phenoxy) is 2. The lowest BCUT2D eigenvalue weighted by atomic mass is 9.98. The number of rotatable bonds is 15. The van der Waals surface area contributed by atoms with Crippen LogP contribution in [0.3, 0.4) is 0 Å². The van der Waals surface area contributed by atoms with Crippen LogP contribution < -0.4 is 21.3 Å². The topological polar surface area (TPSA) is 168 Å². The van der Waals surface area contributed by atoms with Gasteiger partial charge in [0.05, 0.1) is 12.1 Å². The van der Waals surface area contributed by atoms with Gasteiger partial charge in [-0.2, -0.15) is 0 Å². The van der Waals surface area contributed by atoms with Crippen molar-refractivity contribution in [2.45, 2.75) is 64.0 Å². The molecule has 0 aliphatic heterocycles. The van der Waals surface area contributed by atoms with E-state index < -0.39 is 59.4 Å². The Balaban J connectivity index is 1.26. The number of carbonyl (C=O) groups excluding carboxylic acids is 4. The first-order valence-corrected chi connectivity index (χ1v) is 18.5. The van der Waals surface area contributed by atoms with Crippen LogP contribution in [0, 0.1) is 11.6 Å². The van der Waals surface area contributed by atoms with Crippen LogP contribution in [0.4, 0.5) is 24.1 Å². The summed E-state index contributed by atoms with van der Waals surface area (Å²) < 4.78 is 39.2. The highest BCUT2D eigenvalue weighted by Gasteiger charge is 2.29. The number of benzene rings is 4. The maximum Gasteiger partial charge on any atom is 0.407 e. The number of aliphatic hydroxyl groups excluding tert-OH is 1. The summed E-state index contributed by atoms with van der Waals surface area (Å²) in [5.74, 6) is -2.82. The SMILES string of the molecule is CC(C)(C)OC(=O)NC(CNC(=O)c1cccc(NC(=O)[C@@H](O)[C@@H](Cc2ccc(-c3cccnc3)cc2)NC(=O)OCc2ccccc2)c1)Cc1cc(F)ccc1F. The van der Waals surface area contributed by atoms with Gasteiger partial charge >= 0.3 is 12.2 Å². The molecular formula is C44H45F2N5O7. The number of aromatic nitrogens is 1. The van der Waals surface area contributed by atoms with Crippen LogP contribution in [0.1, 0.15) is 47.8 Å². The summed E-state index contributed by atoms with van der Waals surface area (Å²) in [6.45, 7) is 4.78. The Labute approximate surface area is 335 Å². The molecule has 4 aromatic carbocycles.